The van der Waals surface area contributed by atoms with Crippen LogP contribution in [-0.2, 0) is 19.1 Å². The van der Waals surface area contributed by atoms with Gasteiger partial charge in [0, 0.05) is 6.42 Å². The van der Waals surface area contributed by atoms with E-state index in [1.54, 1.807) is 24.3 Å². The summed E-state index contributed by atoms with van der Waals surface area (Å²) in [5.74, 6) is 0.536. The summed E-state index contributed by atoms with van der Waals surface area (Å²) in [5, 5.41) is 0. The lowest BCUT2D eigenvalue weighted by Crippen LogP contribution is -2.07. The molecule has 1 atom stereocenters. The van der Waals surface area contributed by atoms with Crippen LogP contribution in [0, 0.1) is 12.8 Å². The van der Waals surface area contributed by atoms with Crippen LogP contribution in [0.5, 0.6) is 0 Å². The van der Waals surface area contributed by atoms with Gasteiger partial charge in [0.25, 0.3) is 10.1 Å². The fourth-order valence-electron chi connectivity index (χ4n) is 3.23. The van der Waals surface area contributed by atoms with Crippen LogP contribution in [0.4, 0.5) is 0 Å². The largest absolute Gasteiger partial charge is 0.303 e. The molecule has 0 aromatic heterocycles. The van der Waals surface area contributed by atoms with Gasteiger partial charge >= 0.3 is 0 Å². The number of unbranched alkanes of at least 4 members (excludes halogenated alkanes) is 9. The molecule has 160 valence electrons. The standard InChI is InChI=1S/C23H38O4S/c1-21(18-19-24)13-11-9-7-5-3-4-6-8-10-12-20-27-28(25,26)23-16-14-22(2)15-17-23/h14-17,19,21H,3-13,18,20H2,1-2H3. The van der Waals surface area contributed by atoms with Gasteiger partial charge in [-0.25, -0.2) is 0 Å². The molecule has 5 heteroatoms. The fraction of sp³-hybridized carbons (Fsp3) is 0.696. The Hall–Kier alpha value is -1.20. The highest BCUT2D eigenvalue weighted by atomic mass is 32.2. The van der Waals surface area contributed by atoms with E-state index < -0.39 is 10.1 Å². The highest BCUT2D eigenvalue weighted by Crippen LogP contribution is 2.16. The molecule has 0 aliphatic heterocycles. The van der Waals surface area contributed by atoms with Crippen LogP contribution in [0.1, 0.15) is 89.5 Å². The number of carbonyl (C=O) groups is 1. The molecule has 0 bridgehead atoms. The Bertz CT molecular complexity index is 623. The summed E-state index contributed by atoms with van der Waals surface area (Å²) in [6, 6.07) is 6.75. The Morgan fingerprint density at radius 2 is 1.36 bits per heavy atom. The lowest BCUT2D eigenvalue weighted by Gasteiger charge is -2.07. The van der Waals surface area contributed by atoms with Crippen molar-refractivity contribution in [2.24, 2.45) is 5.92 Å². The summed E-state index contributed by atoms with van der Waals surface area (Å²) >= 11 is 0. The number of hydrogen-bond donors (Lipinski definition) is 0. The number of hydrogen-bond acceptors (Lipinski definition) is 4. The summed E-state index contributed by atoms with van der Waals surface area (Å²) in [6.45, 7) is 4.34. The van der Waals surface area contributed by atoms with Gasteiger partial charge in [-0.05, 0) is 31.4 Å². The molecule has 0 N–H and O–H groups in total. The molecule has 1 aromatic rings. The monoisotopic (exact) mass is 410 g/mol. The molecule has 0 heterocycles. The van der Waals surface area contributed by atoms with Gasteiger partial charge in [0.1, 0.15) is 6.29 Å². The molecule has 0 spiro atoms. The molecule has 0 radical (unpaired) electrons. The first kappa shape index (κ1) is 24.8. The maximum atomic E-state index is 12.1. The maximum Gasteiger partial charge on any atom is 0.296 e. The second-order valence-electron chi connectivity index (χ2n) is 7.92. The quantitative estimate of drug-likeness (QED) is 0.174. The van der Waals surface area contributed by atoms with Crippen LogP contribution in [0.3, 0.4) is 0 Å². The normalized spacial score (nSPS) is 12.8. The predicted molar refractivity (Wildman–Crippen MR) is 115 cm³/mol. The third-order valence-electron chi connectivity index (χ3n) is 5.14. The SMILES string of the molecule is Cc1ccc(S(=O)(=O)OCCCCCCCCCCCCC(C)CC=O)cc1. The zero-order chi connectivity index (χ0) is 20.7. The Labute approximate surface area is 172 Å². The van der Waals surface area contributed by atoms with Crippen molar-refractivity contribution < 1.29 is 17.4 Å². The minimum Gasteiger partial charge on any atom is -0.303 e. The minimum absolute atomic E-state index is 0.233. The van der Waals surface area contributed by atoms with E-state index in [-0.39, 0.29) is 11.5 Å². The number of benzene rings is 1. The van der Waals surface area contributed by atoms with Crippen molar-refractivity contribution in [3.8, 4) is 0 Å². The minimum atomic E-state index is -3.62. The van der Waals surface area contributed by atoms with Crippen LogP contribution in [0.15, 0.2) is 29.2 Å². The Balaban J connectivity index is 1.93. The van der Waals surface area contributed by atoms with Crippen LogP contribution >= 0.6 is 0 Å². The molecule has 1 rings (SSSR count). The van der Waals surface area contributed by atoms with Crippen molar-refractivity contribution in [2.45, 2.75) is 95.8 Å². The summed E-state index contributed by atoms with van der Waals surface area (Å²) in [4.78, 5) is 10.6. The summed E-state index contributed by atoms with van der Waals surface area (Å²) in [7, 11) is -3.62. The van der Waals surface area contributed by atoms with Crippen molar-refractivity contribution in [1.29, 1.82) is 0 Å². The highest BCUT2D eigenvalue weighted by molar-refractivity contribution is 7.86. The Kier molecular flexibility index (Phi) is 13.1. The van der Waals surface area contributed by atoms with E-state index in [0.717, 1.165) is 31.1 Å². The first-order valence-corrected chi connectivity index (χ1v) is 12.3. The number of rotatable bonds is 17. The molecule has 1 aromatic carbocycles. The molecule has 1 unspecified atom stereocenters. The van der Waals surface area contributed by atoms with E-state index in [0.29, 0.717) is 12.3 Å². The first-order chi connectivity index (χ1) is 13.5. The van der Waals surface area contributed by atoms with Gasteiger partial charge in [0.2, 0.25) is 0 Å². The number of carbonyl (C=O) groups excluding carboxylic acids is 1. The first-order valence-electron chi connectivity index (χ1n) is 10.9. The number of aryl methyl sites for hydroxylation is 1. The van der Waals surface area contributed by atoms with E-state index in [9.17, 15) is 13.2 Å². The molecule has 4 nitrogen and oxygen atoms in total. The van der Waals surface area contributed by atoms with Crippen LogP contribution in [-0.4, -0.2) is 21.3 Å². The van der Waals surface area contributed by atoms with Crippen molar-refractivity contribution in [3.05, 3.63) is 29.8 Å². The molecule has 0 saturated heterocycles. The summed E-state index contributed by atoms with van der Waals surface area (Å²) in [6.07, 6.45) is 14.7. The summed E-state index contributed by atoms with van der Waals surface area (Å²) in [5.41, 5.74) is 1.03. The molecule has 0 fully saturated rings. The van der Waals surface area contributed by atoms with Crippen molar-refractivity contribution >= 4 is 16.4 Å². The highest BCUT2D eigenvalue weighted by Gasteiger charge is 2.14. The van der Waals surface area contributed by atoms with E-state index >= 15 is 0 Å². The van der Waals surface area contributed by atoms with Crippen molar-refractivity contribution in [2.75, 3.05) is 6.61 Å². The van der Waals surface area contributed by atoms with E-state index in [1.807, 2.05) is 6.92 Å². The van der Waals surface area contributed by atoms with Gasteiger partial charge in [-0.2, -0.15) is 8.42 Å². The van der Waals surface area contributed by atoms with Crippen molar-refractivity contribution in [3.63, 3.8) is 0 Å². The molecular weight excluding hydrogens is 372 g/mol. The maximum absolute atomic E-state index is 12.1. The Morgan fingerprint density at radius 3 is 1.89 bits per heavy atom. The molecule has 0 amide bonds. The molecular formula is C23H38O4S. The second kappa shape index (κ2) is 14.7. The average molecular weight is 411 g/mol. The third-order valence-corrected chi connectivity index (χ3v) is 6.46. The number of aldehydes is 1. The third kappa shape index (κ3) is 11.6. The zero-order valence-electron chi connectivity index (χ0n) is 17.7. The smallest absolute Gasteiger partial charge is 0.296 e. The predicted octanol–water partition coefficient (Wildman–Crippen LogP) is 6.22. The lowest BCUT2D eigenvalue weighted by atomic mass is 9.99. The van der Waals surface area contributed by atoms with Crippen LogP contribution < -0.4 is 0 Å². The van der Waals surface area contributed by atoms with Crippen LogP contribution in [0.25, 0.3) is 0 Å². The van der Waals surface area contributed by atoms with Gasteiger partial charge in [-0.1, -0.05) is 88.8 Å². The van der Waals surface area contributed by atoms with E-state index in [4.69, 9.17) is 4.18 Å². The van der Waals surface area contributed by atoms with E-state index in [1.165, 1.54) is 51.4 Å². The van der Waals surface area contributed by atoms with E-state index in [2.05, 4.69) is 6.92 Å². The Morgan fingerprint density at radius 1 is 0.857 bits per heavy atom. The van der Waals surface area contributed by atoms with Gasteiger partial charge in [0.15, 0.2) is 0 Å². The topological polar surface area (TPSA) is 60.4 Å². The molecule has 28 heavy (non-hydrogen) atoms. The average Bonchev–Trinajstić information content (AvgIpc) is 2.66. The zero-order valence-corrected chi connectivity index (χ0v) is 18.5. The van der Waals surface area contributed by atoms with Crippen molar-refractivity contribution in [1.82, 2.24) is 0 Å². The fourth-order valence-corrected chi connectivity index (χ4v) is 4.18. The van der Waals surface area contributed by atoms with Gasteiger partial charge in [0.05, 0.1) is 11.5 Å². The molecule has 0 aliphatic carbocycles. The van der Waals surface area contributed by atoms with Gasteiger partial charge < -0.3 is 4.79 Å². The van der Waals surface area contributed by atoms with Crippen LogP contribution in [0.2, 0.25) is 0 Å². The molecule has 0 aliphatic rings. The summed E-state index contributed by atoms with van der Waals surface area (Å²) < 4.78 is 29.2. The van der Waals surface area contributed by atoms with Gasteiger partial charge in [-0.15, -0.1) is 0 Å². The lowest BCUT2D eigenvalue weighted by molar-refractivity contribution is -0.108. The molecule has 0 saturated carbocycles. The van der Waals surface area contributed by atoms with Gasteiger partial charge in [-0.3, -0.25) is 4.18 Å². The second-order valence-corrected chi connectivity index (χ2v) is 9.54.